The first-order valence-electron chi connectivity index (χ1n) is 7.09. The number of methoxy groups -OCH3 is 2. The number of carboxylic acids is 1. The predicted molar refractivity (Wildman–Crippen MR) is 84.0 cm³/mol. The Morgan fingerprint density at radius 2 is 1.87 bits per heavy atom. The Labute approximate surface area is 135 Å². The molecule has 0 spiro atoms. The van der Waals surface area contributed by atoms with Gasteiger partial charge in [0.1, 0.15) is 23.1 Å². The van der Waals surface area contributed by atoms with E-state index in [1.54, 1.807) is 39.0 Å². The summed E-state index contributed by atoms with van der Waals surface area (Å²) in [6.45, 7) is 5.11. The zero-order chi connectivity index (χ0) is 17.6. The minimum absolute atomic E-state index is 0.0367. The van der Waals surface area contributed by atoms with E-state index in [1.807, 2.05) is 0 Å². The van der Waals surface area contributed by atoms with Crippen molar-refractivity contribution >= 4 is 12.1 Å². The minimum Gasteiger partial charge on any atom is -0.497 e. The van der Waals surface area contributed by atoms with Crippen molar-refractivity contribution in [1.82, 2.24) is 5.32 Å². The topological polar surface area (TPSA) is 94.1 Å². The number of amides is 1. The van der Waals surface area contributed by atoms with Gasteiger partial charge < -0.3 is 24.6 Å². The maximum absolute atomic E-state index is 11.8. The molecule has 0 aliphatic heterocycles. The Morgan fingerprint density at radius 3 is 2.35 bits per heavy atom. The summed E-state index contributed by atoms with van der Waals surface area (Å²) < 4.78 is 15.4. The van der Waals surface area contributed by atoms with E-state index in [-0.39, 0.29) is 6.42 Å². The molecule has 2 N–H and O–H groups in total. The van der Waals surface area contributed by atoms with Crippen LogP contribution in [0.4, 0.5) is 4.79 Å². The number of carbonyl (C=O) groups excluding carboxylic acids is 1. The molecule has 1 aromatic carbocycles. The van der Waals surface area contributed by atoms with Gasteiger partial charge in [-0.2, -0.15) is 0 Å². The van der Waals surface area contributed by atoms with Crippen molar-refractivity contribution in [3.63, 3.8) is 0 Å². The minimum atomic E-state index is -1.17. The molecular weight excluding hydrogens is 302 g/mol. The molecule has 0 aromatic heterocycles. The summed E-state index contributed by atoms with van der Waals surface area (Å²) >= 11 is 0. The zero-order valence-electron chi connectivity index (χ0n) is 14.0. The van der Waals surface area contributed by atoms with Gasteiger partial charge in [0.25, 0.3) is 0 Å². The number of rotatable bonds is 6. The molecule has 1 amide bonds. The smallest absolute Gasteiger partial charge is 0.408 e. The third-order valence-corrected chi connectivity index (χ3v) is 2.90. The Hall–Kier alpha value is -2.44. The molecular formula is C16H23NO6. The van der Waals surface area contributed by atoms with Crippen molar-refractivity contribution in [1.29, 1.82) is 0 Å². The molecule has 23 heavy (non-hydrogen) atoms. The van der Waals surface area contributed by atoms with Crippen molar-refractivity contribution in [2.45, 2.75) is 38.8 Å². The summed E-state index contributed by atoms with van der Waals surface area (Å²) in [5.41, 5.74) is -0.101. The fourth-order valence-electron chi connectivity index (χ4n) is 1.91. The van der Waals surface area contributed by atoms with Crippen LogP contribution in [0.3, 0.4) is 0 Å². The molecule has 0 aliphatic rings. The van der Waals surface area contributed by atoms with Crippen molar-refractivity contribution in [2.24, 2.45) is 0 Å². The maximum atomic E-state index is 11.8. The number of ether oxygens (including phenoxy) is 3. The number of alkyl carbamates (subject to hydrolysis) is 1. The lowest BCUT2D eigenvalue weighted by molar-refractivity contribution is -0.139. The van der Waals surface area contributed by atoms with Gasteiger partial charge in [-0.25, -0.2) is 9.59 Å². The lowest BCUT2D eigenvalue weighted by atomic mass is 10.0. The number of carboxylic acid groups (broad SMARTS) is 1. The first-order valence-corrected chi connectivity index (χ1v) is 7.09. The fourth-order valence-corrected chi connectivity index (χ4v) is 1.91. The van der Waals surface area contributed by atoms with Gasteiger partial charge in [-0.3, -0.25) is 0 Å². The van der Waals surface area contributed by atoms with Crippen molar-refractivity contribution < 1.29 is 28.9 Å². The number of aliphatic carboxylic acids is 1. The highest BCUT2D eigenvalue weighted by Gasteiger charge is 2.25. The van der Waals surface area contributed by atoms with E-state index in [0.29, 0.717) is 17.1 Å². The molecule has 1 rings (SSSR count). The first kappa shape index (κ1) is 18.6. The predicted octanol–water partition coefficient (Wildman–Crippen LogP) is 2.22. The van der Waals surface area contributed by atoms with Gasteiger partial charge in [0.2, 0.25) is 0 Å². The molecule has 1 aromatic rings. The molecule has 128 valence electrons. The summed E-state index contributed by atoms with van der Waals surface area (Å²) in [6.07, 6.45) is -0.749. The van der Waals surface area contributed by atoms with E-state index in [4.69, 9.17) is 14.2 Å². The van der Waals surface area contributed by atoms with Gasteiger partial charge in [0.15, 0.2) is 0 Å². The van der Waals surface area contributed by atoms with Gasteiger partial charge in [0, 0.05) is 12.0 Å². The average molecular weight is 325 g/mol. The van der Waals surface area contributed by atoms with Crippen LogP contribution >= 0.6 is 0 Å². The van der Waals surface area contributed by atoms with Gasteiger partial charge in [-0.05, 0) is 39.0 Å². The van der Waals surface area contributed by atoms with E-state index in [1.165, 1.54) is 14.2 Å². The van der Waals surface area contributed by atoms with Crippen molar-refractivity contribution in [3.05, 3.63) is 23.8 Å². The largest absolute Gasteiger partial charge is 0.497 e. The quantitative estimate of drug-likeness (QED) is 0.833. The highest BCUT2D eigenvalue weighted by atomic mass is 16.6. The SMILES string of the molecule is COc1ccc(OC)c(C[C@@H](NC(=O)OC(C)(C)C)C(=O)O)c1. The van der Waals surface area contributed by atoms with Crippen LogP contribution in [0.25, 0.3) is 0 Å². The van der Waals surface area contributed by atoms with Crippen LogP contribution in [0.5, 0.6) is 11.5 Å². The monoisotopic (exact) mass is 325 g/mol. The van der Waals surface area contributed by atoms with E-state index in [9.17, 15) is 14.7 Å². The van der Waals surface area contributed by atoms with Crippen LogP contribution in [0.15, 0.2) is 18.2 Å². The van der Waals surface area contributed by atoms with E-state index in [2.05, 4.69) is 5.32 Å². The molecule has 7 nitrogen and oxygen atoms in total. The number of hydrogen-bond donors (Lipinski definition) is 2. The van der Waals surface area contributed by atoms with Crippen LogP contribution in [0, 0.1) is 0 Å². The molecule has 0 radical (unpaired) electrons. The number of hydrogen-bond acceptors (Lipinski definition) is 5. The lowest BCUT2D eigenvalue weighted by Crippen LogP contribution is -2.44. The van der Waals surface area contributed by atoms with Crippen molar-refractivity contribution in [2.75, 3.05) is 14.2 Å². The lowest BCUT2D eigenvalue weighted by Gasteiger charge is -2.22. The summed E-state index contributed by atoms with van der Waals surface area (Å²) in [5, 5.41) is 11.7. The summed E-state index contributed by atoms with van der Waals surface area (Å²) in [6, 6.07) is 3.91. The van der Waals surface area contributed by atoms with Gasteiger partial charge >= 0.3 is 12.1 Å². The van der Waals surface area contributed by atoms with Crippen LogP contribution in [-0.2, 0) is 16.0 Å². The standard InChI is InChI=1S/C16H23NO6/c1-16(2,3)23-15(20)17-12(14(18)19)9-10-8-11(21-4)6-7-13(10)22-5/h6-8,12H,9H2,1-5H3,(H,17,20)(H,18,19)/t12-/m1/s1. The number of benzene rings is 1. The molecule has 7 heteroatoms. The Kier molecular flexibility index (Phi) is 6.24. The molecule has 0 saturated carbocycles. The molecule has 0 aliphatic carbocycles. The molecule has 0 heterocycles. The maximum Gasteiger partial charge on any atom is 0.408 e. The Bertz CT molecular complexity index is 564. The first-order chi connectivity index (χ1) is 10.7. The second kappa shape index (κ2) is 7.71. The van der Waals surface area contributed by atoms with Crippen LogP contribution in [0.2, 0.25) is 0 Å². The second-order valence-corrected chi connectivity index (χ2v) is 5.92. The van der Waals surface area contributed by atoms with Gasteiger partial charge in [-0.1, -0.05) is 0 Å². The van der Waals surface area contributed by atoms with Crippen molar-refractivity contribution in [3.8, 4) is 11.5 Å². The summed E-state index contributed by atoms with van der Waals surface area (Å²) in [5.74, 6) is -0.0778. The normalized spacial score (nSPS) is 12.2. The highest BCUT2D eigenvalue weighted by molar-refractivity contribution is 5.80. The summed E-state index contributed by atoms with van der Waals surface area (Å²) in [4.78, 5) is 23.2. The van der Waals surface area contributed by atoms with E-state index in [0.717, 1.165) is 0 Å². The van der Waals surface area contributed by atoms with E-state index < -0.39 is 23.7 Å². The molecule has 0 bridgehead atoms. The second-order valence-electron chi connectivity index (χ2n) is 5.92. The average Bonchev–Trinajstić information content (AvgIpc) is 2.44. The third kappa shape index (κ3) is 6.06. The third-order valence-electron chi connectivity index (χ3n) is 2.90. The Morgan fingerprint density at radius 1 is 1.22 bits per heavy atom. The van der Waals surface area contributed by atoms with Crippen LogP contribution in [0.1, 0.15) is 26.3 Å². The molecule has 1 atom stereocenters. The van der Waals surface area contributed by atoms with Crippen LogP contribution in [-0.4, -0.2) is 43.0 Å². The molecule has 0 fully saturated rings. The Balaban J connectivity index is 2.92. The fraction of sp³-hybridized carbons (Fsp3) is 0.500. The zero-order valence-corrected chi connectivity index (χ0v) is 14.0. The summed E-state index contributed by atoms with van der Waals surface area (Å²) in [7, 11) is 3.00. The van der Waals surface area contributed by atoms with Gasteiger partial charge in [-0.15, -0.1) is 0 Å². The molecule has 0 unspecified atom stereocenters. The van der Waals surface area contributed by atoms with Crippen LogP contribution < -0.4 is 14.8 Å². The highest BCUT2D eigenvalue weighted by Crippen LogP contribution is 2.25. The van der Waals surface area contributed by atoms with Gasteiger partial charge in [0.05, 0.1) is 14.2 Å². The number of nitrogens with one attached hydrogen (secondary N) is 1. The molecule has 0 saturated heterocycles. The van der Waals surface area contributed by atoms with E-state index >= 15 is 0 Å². The number of carbonyl (C=O) groups is 2.